The minimum atomic E-state index is -0.253. The first-order valence-electron chi connectivity index (χ1n) is 9.89. The Balaban J connectivity index is 1.40. The first kappa shape index (κ1) is 21.2. The van der Waals surface area contributed by atoms with Crippen molar-refractivity contribution in [3.05, 3.63) is 59.1 Å². The molecule has 0 aliphatic heterocycles. The van der Waals surface area contributed by atoms with E-state index in [4.69, 9.17) is 16.3 Å². The predicted octanol–water partition coefficient (Wildman–Crippen LogP) is 5.02. The van der Waals surface area contributed by atoms with Crippen molar-refractivity contribution in [1.82, 2.24) is 0 Å². The Kier molecular flexibility index (Phi) is 7.53. The third kappa shape index (κ3) is 6.79. The zero-order chi connectivity index (χ0) is 20.6. The lowest BCUT2D eigenvalue weighted by atomic mass is 9.85. The van der Waals surface area contributed by atoms with Gasteiger partial charge in [0, 0.05) is 17.1 Å². The number of anilines is 1. The fraction of sp³-hybridized carbons (Fsp3) is 0.391. The number of rotatable bonds is 7. The van der Waals surface area contributed by atoms with Crippen LogP contribution in [0.2, 0.25) is 5.02 Å². The zero-order valence-electron chi connectivity index (χ0n) is 16.5. The standard InChI is InChI=1S/C23H26ClNO4/c1-28-23(27)15-17-4-12-21(13-5-17)29-20-10-2-16(3-11-20)14-22(26)25-19-8-6-18(24)7-9-19/h4-9,12-13,16,20H,2-3,10-11,14-15H2,1H3,(H,25,26)/t16-,20+. The van der Waals surface area contributed by atoms with Gasteiger partial charge in [-0.05, 0) is 73.6 Å². The first-order chi connectivity index (χ1) is 14.0. The lowest BCUT2D eigenvalue weighted by Crippen LogP contribution is -2.26. The molecule has 3 rings (SSSR count). The molecule has 0 unspecified atom stereocenters. The van der Waals surface area contributed by atoms with Gasteiger partial charge in [-0.3, -0.25) is 9.59 Å². The number of esters is 1. The van der Waals surface area contributed by atoms with Gasteiger partial charge >= 0.3 is 5.97 Å². The molecule has 0 aromatic heterocycles. The molecule has 1 aliphatic rings. The van der Waals surface area contributed by atoms with Gasteiger partial charge in [0.25, 0.3) is 0 Å². The smallest absolute Gasteiger partial charge is 0.309 e. The van der Waals surface area contributed by atoms with Crippen LogP contribution in [0.25, 0.3) is 0 Å². The first-order valence-corrected chi connectivity index (χ1v) is 10.3. The van der Waals surface area contributed by atoms with Crippen LogP contribution in [0, 0.1) is 5.92 Å². The van der Waals surface area contributed by atoms with Crippen LogP contribution in [0.15, 0.2) is 48.5 Å². The van der Waals surface area contributed by atoms with Gasteiger partial charge in [0.2, 0.25) is 5.91 Å². The Morgan fingerprint density at radius 3 is 2.28 bits per heavy atom. The molecule has 1 saturated carbocycles. The van der Waals surface area contributed by atoms with E-state index in [0.717, 1.165) is 42.7 Å². The van der Waals surface area contributed by atoms with E-state index < -0.39 is 0 Å². The highest BCUT2D eigenvalue weighted by molar-refractivity contribution is 6.30. The normalized spacial score (nSPS) is 18.7. The number of hydrogen-bond donors (Lipinski definition) is 1. The van der Waals surface area contributed by atoms with Crippen LogP contribution < -0.4 is 10.1 Å². The monoisotopic (exact) mass is 415 g/mol. The van der Waals surface area contributed by atoms with Crippen molar-refractivity contribution >= 4 is 29.2 Å². The molecule has 2 aromatic carbocycles. The summed E-state index contributed by atoms with van der Waals surface area (Å²) in [7, 11) is 1.39. The van der Waals surface area contributed by atoms with Crippen molar-refractivity contribution < 1.29 is 19.1 Å². The molecule has 1 fully saturated rings. The molecule has 0 spiro atoms. The maximum atomic E-state index is 12.3. The van der Waals surface area contributed by atoms with Gasteiger partial charge in [0.1, 0.15) is 5.75 Å². The molecular formula is C23H26ClNO4. The van der Waals surface area contributed by atoms with Crippen LogP contribution in [-0.2, 0) is 20.7 Å². The third-order valence-electron chi connectivity index (χ3n) is 5.20. The quantitative estimate of drug-likeness (QED) is 0.644. The summed E-state index contributed by atoms with van der Waals surface area (Å²) >= 11 is 5.87. The minimum Gasteiger partial charge on any atom is -0.490 e. The maximum absolute atomic E-state index is 12.3. The van der Waals surface area contributed by atoms with E-state index in [1.807, 2.05) is 24.3 Å². The molecule has 1 amide bonds. The summed E-state index contributed by atoms with van der Waals surface area (Å²) in [4.78, 5) is 23.6. The summed E-state index contributed by atoms with van der Waals surface area (Å²) in [5.41, 5.74) is 1.67. The molecule has 5 nitrogen and oxygen atoms in total. The average molecular weight is 416 g/mol. The summed E-state index contributed by atoms with van der Waals surface area (Å²) in [6.45, 7) is 0. The van der Waals surface area contributed by atoms with E-state index in [2.05, 4.69) is 10.1 Å². The summed E-state index contributed by atoms with van der Waals surface area (Å²) in [6.07, 6.45) is 4.76. The predicted molar refractivity (Wildman–Crippen MR) is 113 cm³/mol. The van der Waals surface area contributed by atoms with Gasteiger partial charge in [-0.25, -0.2) is 0 Å². The Morgan fingerprint density at radius 1 is 1.00 bits per heavy atom. The van der Waals surface area contributed by atoms with Crippen LogP contribution in [0.1, 0.15) is 37.7 Å². The molecule has 0 heterocycles. The van der Waals surface area contributed by atoms with E-state index in [1.165, 1.54) is 7.11 Å². The molecule has 2 aromatic rings. The molecular weight excluding hydrogens is 390 g/mol. The molecule has 0 atom stereocenters. The lowest BCUT2D eigenvalue weighted by Gasteiger charge is -2.28. The van der Waals surface area contributed by atoms with Gasteiger partial charge in [-0.15, -0.1) is 0 Å². The van der Waals surface area contributed by atoms with Crippen LogP contribution in [-0.4, -0.2) is 25.1 Å². The fourth-order valence-electron chi connectivity index (χ4n) is 3.58. The number of hydrogen-bond acceptors (Lipinski definition) is 4. The molecule has 29 heavy (non-hydrogen) atoms. The highest BCUT2D eigenvalue weighted by Gasteiger charge is 2.24. The van der Waals surface area contributed by atoms with E-state index >= 15 is 0 Å². The number of carbonyl (C=O) groups excluding carboxylic acids is 2. The fourth-order valence-corrected chi connectivity index (χ4v) is 3.70. The van der Waals surface area contributed by atoms with Crippen molar-refractivity contribution in [2.24, 2.45) is 5.92 Å². The van der Waals surface area contributed by atoms with Crippen LogP contribution in [0.4, 0.5) is 5.69 Å². The van der Waals surface area contributed by atoms with Crippen LogP contribution in [0.3, 0.4) is 0 Å². The Bertz CT molecular complexity index is 812. The van der Waals surface area contributed by atoms with Gasteiger partial charge in [0.15, 0.2) is 0 Å². The summed E-state index contributed by atoms with van der Waals surface area (Å²) in [5, 5.41) is 3.58. The van der Waals surface area contributed by atoms with Crippen LogP contribution in [0.5, 0.6) is 5.75 Å². The molecule has 154 valence electrons. The van der Waals surface area contributed by atoms with Gasteiger partial charge in [-0.2, -0.15) is 0 Å². The highest BCUT2D eigenvalue weighted by Crippen LogP contribution is 2.30. The zero-order valence-corrected chi connectivity index (χ0v) is 17.3. The second-order valence-corrected chi connectivity index (χ2v) is 7.85. The number of nitrogens with one attached hydrogen (secondary N) is 1. The third-order valence-corrected chi connectivity index (χ3v) is 5.45. The van der Waals surface area contributed by atoms with Gasteiger partial charge in [-0.1, -0.05) is 23.7 Å². The maximum Gasteiger partial charge on any atom is 0.309 e. The number of carbonyl (C=O) groups is 2. The largest absolute Gasteiger partial charge is 0.490 e. The molecule has 1 aliphatic carbocycles. The Labute approximate surface area is 176 Å². The van der Waals surface area contributed by atoms with Crippen molar-refractivity contribution in [3.8, 4) is 5.75 Å². The van der Waals surface area contributed by atoms with Crippen molar-refractivity contribution in [2.45, 2.75) is 44.6 Å². The molecule has 0 radical (unpaired) electrons. The second-order valence-electron chi connectivity index (χ2n) is 7.42. The lowest BCUT2D eigenvalue weighted by molar-refractivity contribution is -0.139. The van der Waals surface area contributed by atoms with E-state index in [1.54, 1.807) is 24.3 Å². The number of halogens is 1. The molecule has 0 bridgehead atoms. The van der Waals surface area contributed by atoms with Crippen molar-refractivity contribution in [2.75, 3.05) is 12.4 Å². The van der Waals surface area contributed by atoms with Crippen LogP contribution >= 0.6 is 11.6 Å². The Hall–Kier alpha value is -2.53. The van der Waals surface area contributed by atoms with Gasteiger partial charge in [0.05, 0.1) is 19.6 Å². The molecule has 1 N–H and O–H groups in total. The van der Waals surface area contributed by atoms with Crippen molar-refractivity contribution in [1.29, 1.82) is 0 Å². The Morgan fingerprint density at radius 2 is 1.66 bits per heavy atom. The SMILES string of the molecule is COC(=O)Cc1ccc(O[C@H]2CC[C@@H](CC(=O)Nc3ccc(Cl)cc3)CC2)cc1. The number of amides is 1. The summed E-state index contributed by atoms with van der Waals surface area (Å²) in [6, 6.07) is 14.7. The second kappa shape index (κ2) is 10.3. The van der Waals surface area contributed by atoms with E-state index in [0.29, 0.717) is 17.4 Å². The number of methoxy groups -OCH3 is 1. The number of ether oxygens (including phenoxy) is 2. The summed E-state index contributed by atoms with van der Waals surface area (Å²) < 4.78 is 10.7. The topological polar surface area (TPSA) is 64.6 Å². The molecule has 6 heteroatoms. The summed E-state index contributed by atoms with van der Waals surface area (Å²) in [5.74, 6) is 0.974. The van der Waals surface area contributed by atoms with Gasteiger partial charge < -0.3 is 14.8 Å². The number of benzene rings is 2. The average Bonchev–Trinajstić information content (AvgIpc) is 2.72. The van der Waals surface area contributed by atoms with Crippen molar-refractivity contribution in [3.63, 3.8) is 0 Å². The molecule has 0 saturated heterocycles. The van der Waals surface area contributed by atoms with E-state index in [-0.39, 0.29) is 24.4 Å². The minimum absolute atomic E-state index is 0.0397. The highest BCUT2D eigenvalue weighted by atomic mass is 35.5. The van der Waals surface area contributed by atoms with E-state index in [9.17, 15) is 9.59 Å².